The van der Waals surface area contributed by atoms with Crippen LogP contribution < -0.4 is 23.7 Å². The molecule has 0 fully saturated rings. The number of aliphatic carboxylic acids is 1. The van der Waals surface area contributed by atoms with Gasteiger partial charge < -0.3 is 28.8 Å². The Hall–Kier alpha value is -4.16. The van der Waals surface area contributed by atoms with Crippen molar-refractivity contribution in [2.24, 2.45) is 0 Å². The number of hydrogen-bond acceptors (Lipinski definition) is 8. The smallest absolute Gasteiger partial charge is 0.341 e. The van der Waals surface area contributed by atoms with E-state index in [2.05, 4.69) is 11.8 Å². The SMILES string of the molecule is COc1cc(OC)c(-c2cccs2)cc1C#CC(=O)c1cc(OC)c(OCC(=O)O)c(OC)c1. The zero-order valence-corrected chi connectivity index (χ0v) is 19.8. The number of Topliss-reactive ketones (excluding diaryl/α,β-unsaturated/α-hetero) is 1. The lowest BCUT2D eigenvalue weighted by Gasteiger charge is -2.14. The van der Waals surface area contributed by atoms with Gasteiger partial charge >= 0.3 is 5.97 Å². The molecule has 0 saturated heterocycles. The van der Waals surface area contributed by atoms with Crippen LogP contribution in [0.1, 0.15) is 15.9 Å². The van der Waals surface area contributed by atoms with Crippen molar-refractivity contribution in [3.8, 4) is 51.0 Å². The van der Waals surface area contributed by atoms with Gasteiger partial charge in [0.05, 0.1) is 34.0 Å². The monoisotopic (exact) mass is 482 g/mol. The van der Waals surface area contributed by atoms with Crippen molar-refractivity contribution in [1.29, 1.82) is 0 Å². The van der Waals surface area contributed by atoms with E-state index in [1.807, 2.05) is 23.6 Å². The van der Waals surface area contributed by atoms with E-state index >= 15 is 0 Å². The standard InChI is InChI=1S/C25H22O8S/c1-29-19-13-20(30-2)17(23-6-5-9-34-23)10-15(19)7-8-18(26)16-11-21(31-3)25(22(12-16)32-4)33-14-24(27)28/h5-6,9-13H,14H2,1-4H3,(H,27,28). The topological polar surface area (TPSA) is 101 Å². The van der Waals surface area contributed by atoms with E-state index in [1.54, 1.807) is 24.5 Å². The van der Waals surface area contributed by atoms with E-state index in [9.17, 15) is 9.59 Å². The fourth-order valence-corrected chi connectivity index (χ4v) is 3.85. The summed E-state index contributed by atoms with van der Waals surface area (Å²) in [6.07, 6.45) is 0. The molecular weight excluding hydrogens is 460 g/mol. The Labute approximate surface area is 200 Å². The van der Waals surface area contributed by atoms with Gasteiger partial charge in [-0.2, -0.15) is 0 Å². The molecular formula is C25H22O8S. The quantitative estimate of drug-likeness (QED) is 0.359. The van der Waals surface area contributed by atoms with Crippen LogP contribution in [-0.4, -0.2) is 51.9 Å². The molecule has 0 bridgehead atoms. The van der Waals surface area contributed by atoms with Crippen molar-refractivity contribution in [1.82, 2.24) is 0 Å². The number of carboxylic acid groups (broad SMARTS) is 1. The predicted molar refractivity (Wildman–Crippen MR) is 127 cm³/mol. The van der Waals surface area contributed by atoms with Crippen molar-refractivity contribution < 1.29 is 38.4 Å². The number of benzene rings is 2. The number of carboxylic acids is 1. The van der Waals surface area contributed by atoms with E-state index in [0.29, 0.717) is 17.1 Å². The molecule has 3 aromatic rings. The van der Waals surface area contributed by atoms with Gasteiger partial charge in [0.1, 0.15) is 11.5 Å². The van der Waals surface area contributed by atoms with E-state index in [1.165, 1.54) is 33.5 Å². The van der Waals surface area contributed by atoms with Crippen molar-refractivity contribution in [3.05, 3.63) is 52.9 Å². The van der Waals surface area contributed by atoms with Crippen LogP contribution in [-0.2, 0) is 4.79 Å². The average Bonchev–Trinajstić information content (AvgIpc) is 3.39. The molecule has 0 aliphatic rings. The second kappa shape index (κ2) is 11.1. The average molecular weight is 483 g/mol. The highest BCUT2D eigenvalue weighted by molar-refractivity contribution is 7.13. The summed E-state index contributed by atoms with van der Waals surface area (Å²) in [6, 6.07) is 10.3. The minimum Gasteiger partial charge on any atom is -0.496 e. The fourth-order valence-electron chi connectivity index (χ4n) is 3.10. The number of ketones is 1. The molecule has 34 heavy (non-hydrogen) atoms. The summed E-state index contributed by atoms with van der Waals surface area (Å²) >= 11 is 1.55. The first-order valence-corrected chi connectivity index (χ1v) is 10.8. The first-order chi connectivity index (χ1) is 16.4. The zero-order chi connectivity index (χ0) is 24.7. The maximum Gasteiger partial charge on any atom is 0.341 e. The summed E-state index contributed by atoms with van der Waals surface area (Å²) in [7, 11) is 5.83. The molecule has 2 aromatic carbocycles. The molecule has 8 nitrogen and oxygen atoms in total. The minimum absolute atomic E-state index is 0.0781. The number of carbonyl (C=O) groups excluding carboxylic acids is 1. The normalized spacial score (nSPS) is 10.0. The van der Waals surface area contributed by atoms with Crippen LogP contribution in [0.15, 0.2) is 41.8 Å². The Morgan fingerprint density at radius 1 is 0.912 bits per heavy atom. The Morgan fingerprint density at radius 2 is 1.56 bits per heavy atom. The molecule has 3 rings (SSSR count). The Kier molecular flexibility index (Phi) is 8.01. The molecule has 0 aliphatic heterocycles. The molecule has 9 heteroatoms. The van der Waals surface area contributed by atoms with Crippen molar-refractivity contribution in [3.63, 3.8) is 0 Å². The second-order valence-electron chi connectivity index (χ2n) is 6.70. The van der Waals surface area contributed by atoms with Crippen LogP contribution >= 0.6 is 11.3 Å². The van der Waals surface area contributed by atoms with E-state index in [4.69, 9.17) is 28.8 Å². The molecule has 0 amide bonds. The molecule has 0 saturated carbocycles. The highest BCUT2D eigenvalue weighted by Crippen LogP contribution is 2.39. The first kappa shape index (κ1) is 24.5. The van der Waals surface area contributed by atoms with Crippen LogP contribution in [0.5, 0.6) is 28.7 Å². The summed E-state index contributed by atoms with van der Waals surface area (Å²) in [5.41, 5.74) is 1.54. The highest BCUT2D eigenvalue weighted by atomic mass is 32.1. The Balaban J connectivity index is 2.00. The van der Waals surface area contributed by atoms with Gasteiger partial charge in [0, 0.05) is 22.1 Å². The van der Waals surface area contributed by atoms with Gasteiger partial charge in [-0.3, -0.25) is 4.79 Å². The van der Waals surface area contributed by atoms with Crippen LogP contribution in [0.2, 0.25) is 0 Å². The van der Waals surface area contributed by atoms with Crippen LogP contribution in [0, 0.1) is 11.8 Å². The number of rotatable bonds is 9. The summed E-state index contributed by atoms with van der Waals surface area (Å²) < 4.78 is 26.7. The summed E-state index contributed by atoms with van der Waals surface area (Å²) in [5.74, 6) is 5.30. The molecule has 0 atom stereocenters. The van der Waals surface area contributed by atoms with E-state index in [0.717, 1.165) is 10.4 Å². The van der Waals surface area contributed by atoms with Gasteiger partial charge in [-0.15, -0.1) is 11.3 Å². The van der Waals surface area contributed by atoms with Gasteiger partial charge in [0.15, 0.2) is 18.1 Å². The third kappa shape index (κ3) is 5.42. The molecule has 1 aromatic heterocycles. The van der Waals surface area contributed by atoms with E-state index < -0.39 is 18.4 Å². The third-order valence-electron chi connectivity index (χ3n) is 4.68. The van der Waals surface area contributed by atoms with Gasteiger partial charge in [-0.1, -0.05) is 12.0 Å². The molecule has 0 aliphatic carbocycles. The number of carbonyl (C=O) groups is 2. The maximum atomic E-state index is 12.9. The molecule has 176 valence electrons. The Morgan fingerprint density at radius 3 is 2.09 bits per heavy atom. The lowest BCUT2D eigenvalue weighted by atomic mass is 10.1. The van der Waals surface area contributed by atoms with Crippen molar-refractivity contribution in [2.75, 3.05) is 35.0 Å². The molecule has 1 N–H and O–H groups in total. The van der Waals surface area contributed by atoms with Gasteiger partial charge in [-0.05, 0) is 35.6 Å². The molecule has 1 heterocycles. The first-order valence-electron chi connectivity index (χ1n) is 9.88. The third-order valence-corrected chi connectivity index (χ3v) is 5.58. The van der Waals surface area contributed by atoms with Crippen molar-refractivity contribution in [2.45, 2.75) is 0 Å². The van der Waals surface area contributed by atoms with Gasteiger partial charge in [0.2, 0.25) is 11.5 Å². The molecule has 0 unspecified atom stereocenters. The number of ether oxygens (including phenoxy) is 5. The lowest BCUT2D eigenvalue weighted by Crippen LogP contribution is -2.11. The largest absolute Gasteiger partial charge is 0.496 e. The van der Waals surface area contributed by atoms with E-state index in [-0.39, 0.29) is 22.8 Å². The minimum atomic E-state index is -1.16. The number of hydrogen-bond donors (Lipinski definition) is 1. The van der Waals surface area contributed by atoms with Crippen LogP contribution in [0.4, 0.5) is 0 Å². The zero-order valence-electron chi connectivity index (χ0n) is 19.0. The summed E-state index contributed by atoms with van der Waals surface area (Å²) in [5, 5.41) is 10.8. The number of thiophene rings is 1. The molecule has 0 radical (unpaired) electrons. The van der Waals surface area contributed by atoms with Crippen LogP contribution in [0.25, 0.3) is 10.4 Å². The van der Waals surface area contributed by atoms with Gasteiger partial charge in [0.25, 0.3) is 0 Å². The van der Waals surface area contributed by atoms with Gasteiger partial charge in [-0.25, -0.2) is 4.79 Å². The summed E-state index contributed by atoms with van der Waals surface area (Å²) in [6.45, 7) is -0.594. The second-order valence-corrected chi connectivity index (χ2v) is 7.65. The maximum absolute atomic E-state index is 12.9. The predicted octanol–water partition coefficient (Wildman–Crippen LogP) is 4.15. The molecule has 0 spiro atoms. The van der Waals surface area contributed by atoms with Crippen LogP contribution in [0.3, 0.4) is 0 Å². The Bertz CT molecular complexity index is 1230. The number of methoxy groups -OCH3 is 4. The highest BCUT2D eigenvalue weighted by Gasteiger charge is 2.18. The summed E-state index contributed by atoms with van der Waals surface area (Å²) in [4.78, 5) is 24.7. The lowest BCUT2D eigenvalue weighted by molar-refractivity contribution is -0.139. The van der Waals surface area contributed by atoms with Crippen molar-refractivity contribution >= 4 is 23.1 Å². The fraction of sp³-hybridized carbons (Fsp3) is 0.200.